The van der Waals surface area contributed by atoms with Gasteiger partial charge < -0.3 is 9.67 Å². The maximum absolute atomic E-state index is 10.3. The average molecular weight is 321 g/mol. The van der Waals surface area contributed by atoms with Crippen molar-refractivity contribution in [2.24, 2.45) is 7.05 Å². The van der Waals surface area contributed by atoms with Crippen LogP contribution in [0.2, 0.25) is 5.02 Å². The molecular formula is C16H21ClN4O. The minimum atomic E-state index is -0.570. The topological polar surface area (TPSA) is 54.2 Å². The minimum absolute atomic E-state index is 0.520. The summed E-state index contributed by atoms with van der Waals surface area (Å²) < 4.78 is 2.08. The molecule has 3 rings (SSSR count). The maximum atomic E-state index is 10.3. The normalized spacial score (nSPS) is 16.2. The van der Waals surface area contributed by atoms with E-state index in [2.05, 4.69) is 14.8 Å². The van der Waals surface area contributed by atoms with E-state index in [4.69, 9.17) is 11.6 Å². The predicted octanol–water partition coefficient (Wildman–Crippen LogP) is 2.51. The molecule has 1 N–H and O–H groups in total. The van der Waals surface area contributed by atoms with Crippen molar-refractivity contribution < 1.29 is 5.11 Å². The lowest BCUT2D eigenvalue weighted by Gasteiger charge is -2.20. The van der Waals surface area contributed by atoms with Gasteiger partial charge in [0.15, 0.2) is 0 Å². The zero-order valence-corrected chi connectivity index (χ0v) is 13.7. The first-order valence-corrected chi connectivity index (χ1v) is 7.92. The molecule has 0 aliphatic heterocycles. The molecule has 1 saturated carbocycles. The molecule has 0 saturated heterocycles. The van der Waals surface area contributed by atoms with Crippen molar-refractivity contribution in [1.29, 1.82) is 0 Å². The van der Waals surface area contributed by atoms with Crippen LogP contribution >= 0.6 is 11.6 Å². The summed E-state index contributed by atoms with van der Waals surface area (Å²) in [6.45, 7) is 1.18. The van der Waals surface area contributed by atoms with E-state index in [1.807, 2.05) is 31.1 Å². The lowest BCUT2D eigenvalue weighted by molar-refractivity contribution is 0.122. The van der Waals surface area contributed by atoms with Crippen molar-refractivity contribution in [3.63, 3.8) is 0 Å². The van der Waals surface area contributed by atoms with E-state index in [1.165, 1.54) is 12.8 Å². The number of hydrogen-bond donors (Lipinski definition) is 1. The van der Waals surface area contributed by atoms with Crippen molar-refractivity contribution in [1.82, 2.24) is 19.7 Å². The lowest BCUT2D eigenvalue weighted by atomic mass is 10.1. The van der Waals surface area contributed by atoms with Crippen LogP contribution in [0.5, 0.6) is 0 Å². The Morgan fingerprint density at radius 1 is 1.41 bits per heavy atom. The quantitative estimate of drug-likeness (QED) is 0.888. The Morgan fingerprint density at radius 3 is 2.86 bits per heavy atom. The molecule has 118 valence electrons. The summed E-state index contributed by atoms with van der Waals surface area (Å²) in [6.07, 6.45) is 1.87. The third-order valence-electron chi connectivity index (χ3n) is 4.07. The number of aliphatic hydroxyl groups is 1. The fraction of sp³-hybridized carbons (Fsp3) is 0.500. The Morgan fingerprint density at radius 2 is 2.18 bits per heavy atom. The van der Waals surface area contributed by atoms with Crippen LogP contribution in [0.1, 0.15) is 42.1 Å². The van der Waals surface area contributed by atoms with E-state index in [0.29, 0.717) is 24.0 Å². The highest BCUT2D eigenvalue weighted by atomic mass is 35.5. The van der Waals surface area contributed by atoms with Gasteiger partial charge in [-0.15, -0.1) is 10.2 Å². The number of halogens is 1. The van der Waals surface area contributed by atoms with E-state index in [9.17, 15) is 5.11 Å². The van der Waals surface area contributed by atoms with E-state index in [0.717, 1.165) is 17.2 Å². The predicted molar refractivity (Wildman–Crippen MR) is 85.7 cm³/mol. The Kier molecular flexibility index (Phi) is 4.47. The molecule has 1 aliphatic rings. The molecule has 22 heavy (non-hydrogen) atoms. The fourth-order valence-electron chi connectivity index (χ4n) is 2.63. The third kappa shape index (κ3) is 3.48. The van der Waals surface area contributed by atoms with Gasteiger partial charge in [0.2, 0.25) is 0 Å². The van der Waals surface area contributed by atoms with Gasteiger partial charge in [-0.1, -0.05) is 23.7 Å². The molecule has 1 aromatic heterocycles. The smallest absolute Gasteiger partial charge is 0.146 e. The van der Waals surface area contributed by atoms with E-state index >= 15 is 0 Å². The van der Waals surface area contributed by atoms with Gasteiger partial charge in [0.05, 0.1) is 12.6 Å². The number of aliphatic hydroxyl groups excluding tert-OH is 1. The molecule has 1 aromatic carbocycles. The van der Waals surface area contributed by atoms with Crippen LogP contribution in [0, 0.1) is 0 Å². The first kappa shape index (κ1) is 15.5. The molecule has 0 amide bonds. The second-order valence-corrected chi connectivity index (χ2v) is 6.51. The zero-order valence-electron chi connectivity index (χ0n) is 12.9. The average Bonchev–Trinajstić information content (AvgIpc) is 3.25. The summed E-state index contributed by atoms with van der Waals surface area (Å²) in [6, 6.07) is 7.34. The number of hydrogen-bond acceptors (Lipinski definition) is 4. The van der Waals surface area contributed by atoms with Gasteiger partial charge in [0.1, 0.15) is 11.6 Å². The highest BCUT2D eigenvalue weighted by Gasteiger charge is 2.29. The fourth-order valence-corrected chi connectivity index (χ4v) is 2.83. The number of benzene rings is 1. The van der Waals surface area contributed by atoms with Gasteiger partial charge in [0.25, 0.3) is 0 Å². The van der Waals surface area contributed by atoms with Crippen molar-refractivity contribution in [3.8, 4) is 0 Å². The van der Waals surface area contributed by atoms with Crippen LogP contribution in [-0.4, -0.2) is 38.4 Å². The summed E-state index contributed by atoms with van der Waals surface area (Å²) in [5, 5.41) is 19.5. The Labute approximate surface area is 135 Å². The van der Waals surface area contributed by atoms with Crippen LogP contribution in [0.4, 0.5) is 0 Å². The number of rotatable bonds is 6. The summed E-state index contributed by atoms with van der Waals surface area (Å²) in [4.78, 5) is 2.05. The Balaban J connectivity index is 1.61. The summed E-state index contributed by atoms with van der Waals surface area (Å²) in [5.74, 6) is 2.61. The molecule has 1 unspecified atom stereocenters. The molecule has 5 nitrogen and oxygen atoms in total. The molecule has 1 atom stereocenters. The van der Waals surface area contributed by atoms with Crippen molar-refractivity contribution >= 4 is 11.6 Å². The van der Waals surface area contributed by atoms with Crippen LogP contribution in [-0.2, 0) is 13.6 Å². The van der Waals surface area contributed by atoms with Gasteiger partial charge in [-0.05, 0) is 37.6 Å². The highest BCUT2D eigenvalue weighted by Crippen LogP contribution is 2.38. The molecule has 1 fully saturated rings. The van der Waals surface area contributed by atoms with Crippen LogP contribution < -0.4 is 0 Å². The second-order valence-electron chi connectivity index (χ2n) is 6.08. The molecule has 2 aromatic rings. The lowest BCUT2D eigenvalue weighted by Crippen LogP contribution is -2.25. The van der Waals surface area contributed by atoms with Crippen LogP contribution in [0.15, 0.2) is 24.3 Å². The summed E-state index contributed by atoms with van der Waals surface area (Å²) >= 11 is 5.97. The highest BCUT2D eigenvalue weighted by molar-refractivity contribution is 6.30. The Hall–Kier alpha value is -1.43. The molecule has 1 aliphatic carbocycles. The van der Waals surface area contributed by atoms with Crippen molar-refractivity contribution in [2.75, 3.05) is 13.6 Å². The number of aromatic nitrogens is 3. The largest absolute Gasteiger partial charge is 0.387 e. The first-order valence-electron chi connectivity index (χ1n) is 7.55. The summed E-state index contributed by atoms with van der Waals surface area (Å²) in [7, 11) is 3.99. The molecule has 6 heteroatoms. The molecule has 0 spiro atoms. The SMILES string of the molecule is CN(Cc1nnc(C2CC2)n1C)CC(O)c1cccc(Cl)c1. The summed E-state index contributed by atoms with van der Waals surface area (Å²) in [5.41, 5.74) is 0.830. The minimum Gasteiger partial charge on any atom is -0.387 e. The van der Waals surface area contributed by atoms with Gasteiger partial charge >= 0.3 is 0 Å². The third-order valence-corrected chi connectivity index (χ3v) is 4.31. The number of nitrogens with zero attached hydrogens (tertiary/aromatic N) is 4. The van der Waals surface area contributed by atoms with Gasteiger partial charge in [-0.25, -0.2) is 0 Å². The Bertz CT molecular complexity index is 653. The molecular weight excluding hydrogens is 300 g/mol. The van der Waals surface area contributed by atoms with Crippen molar-refractivity contribution in [3.05, 3.63) is 46.5 Å². The molecule has 0 radical (unpaired) electrons. The van der Waals surface area contributed by atoms with Gasteiger partial charge in [-0.3, -0.25) is 4.90 Å². The first-order chi connectivity index (χ1) is 10.5. The maximum Gasteiger partial charge on any atom is 0.146 e. The van der Waals surface area contributed by atoms with Crippen LogP contribution in [0.25, 0.3) is 0 Å². The van der Waals surface area contributed by atoms with Crippen LogP contribution in [0.3, 0.4) is 0 Å². The van der Waals surface area contributed by atoms with E-state index in [1.54, 1.807) is 12.1 Å². The molecule has 0 bridgehead atoms. The second kappa shape index (κ2) is 6.36. The monoisotopic (exact) mass is 320 g/mol. The van der Waals surface area contributed by atoms with E-state index < -0.39 is 6.10 Å². The zero-order chi connectivity index (χ0) is 15.7. The molecule has 1 heterocycles. The standard InChI is InChI=1S/C16H21ClN4O/c1-20(9-14(22)12-4-3-5-13(17)8-12)10-15-18-19-16(21(15)2)11-6-7-11/h3-5,8,11,14,22H,6-7,9-10H2,1-2H3. The van der Waals surface area contributed by atoms with Gasteiger partial charge in [0, 0.05) is 24.5 Å². The van der Waals surface area contributed by atoms with E-state index in [-0.39, 0.29) is 0 Å². The van der Waals surface area contributed by atoms with Gasteiger partial charge in [-0.2, -0.15) is 0 Å². The number of likely N-dealkylation sites (N-methyl/N-ethyl adjacent to an activating group) is 1. The van der Waals surface area contributed by atoms with Crippen molar-refractivity contribution in [2.45, 2.75) is 31.4 Å².